The topological polar surface area (TPSA) is 67.3 Å². The summed E-state index contributed by atoms with van der Waals surface area (Å²) in [5, 5.41) is 22.7. The van der Waals surface area contributed by atoms with Crippen molar-refractivity contribution in [2.45, 2.75) is 19.4 Å². The molecule has 2 heterocycles. The number of hydrogen-bond donors (Lipinski definition) is 2. The minimum atomic E-state index is 0.0678. The molecule has 0 saturated carbocycles. The first kappa shape index (κ1) is 11.3. The maximum absolute atomic E-state index is 9.39. The molecule has 1 atom stereocenters. The lowest BCUT2D eigenvalue weighted by molar-refractivity contribution is 0.338. The summed E-state index contributed by atoms with van der Waals surface area (Å²) >= 11 is 1.56. The number of phenols is 1. The van der Waals surface area contributed by atoms with E-state index in [2.05, 4.69) is 22.4 Å². The second kappa shape index (κ2) is 4.45. The van der Waals surface area contributed by atoms with Crippen molar-refractivity contribution in [2.24, 2.45) is 0 Å². The number of aromatic hydroxyl groups is 1. The number of nitrogens with one attached hydrogen (secondary N) is 1. The number of hydrogen-bond acceptors (Lipinski definition) is 6. The van der Waals surface area contributed by atoms with Crippen LogP contribution in [0.25, 0.3) is 0 Å². The Bertz CT molecular complexity index is 570. The Morgan fingerprint density at radius 3 is 3.17 bits per heavy atom. The van der Waals surface area contributed by atoms with Gasteiger partial charge >= 0.3 is 0 Å². The maximum Gasteiger partial charge on any atom is 0.206 e. The summed E-state index contributed by atoms with van der Waals surface area (Å²) in [6.45, 7) is 2.60. The first-order chi connectivity index (χ1) is 8.76. The maximum atomic E-state index is 9.39. The molecule has 0 bridgehead atoms. The summed E-state index contributed by atoms with van der Waals surface area (Å²) in [6, 6.07) is 5.24. The van der Waals surface area contributed by atoms with Crippen LogP contribution in [-0.4, -0.2) is 21.9 Å². The Morgan fingerprint density at radius 2 is 2.39 bits per heavy atom. The van der Waals surface area contributed by atoms with Crippen LogP contribution in [0.15, 0.2) is 18.2 Å². The summed E-state index contributed by atoms with van der Waals surface area (Å²) in [6.07, 6.45) is 0.894. The molecule has 2 N–H and O–H groups in total. The van der Waals surface area contributed by atoms with Gasteiger partial charge in [0, 0.05) is 11.6 Å². The van der Waals surface area contributed by atoms with Crippen LogP contribution in [0.5, 0.6) is 11.5 Å². The van der Waals surface area contributed by atoms with Gasteiger partial charge < -0.3 is 15.2 Å². The van der Waals surface area contributed by atoms with Crippen LogP contribution in [0.4, 0.5) is 5.13 Å². The van der Waals surface area contributed by atoms with E-state index in [1.807, 2.05) is 6.07 Å². The lowest BCUT2D eigenvalue weighted by atomic mass is 10.1. The molecule has 3 rings (SSSR count). The number of phenolic OH excluding ortho intramolecular Hbond substituents is 1. The second-order valence-corrected chi connectivity index (χ2v) is 5.15. The number of nitrogens with zero attached hydrogens (tertiary/aromatic N) is 2. The zero-order valence-corrected chi connectivity index (χ0v) is 10.7. The van der Waals surface area contributed by atoms with E-state index in [0.717, 1.165) is 27.9 Å². The standard InChI is InChI=1S/C12H13N3O2S/c1-2-11-14-15-12(18-11)13-9-6-17-10-5-7(16)3-4-8(9)10/h3-5,9,16H,2,6H2,1H3,(H,13,15). The fourth-order valence-electron chi connectivity index (χ4n) is 1.92. The van der Waals surface area contributed by atoms with Gasteiger partial charge in [0.2, 0.25) is 5.13 Å². The molecule has 2 aromatic rings. The van der Waals surface area contributed by atoms with Crippen molar-refractivity contribution in [1.82, 2.24) is 10.2 Å². The highest BCUT2D eigenvalue weighted by atomic mass is 32.1. The largest absolute Gasteiger partial charge is 0.508 e. The molecule has 18 heavy (non-hydrogen) atoms. The molecule has 1 unspecified atom stereocenters. The van der Waals surface area contributed by atoms with Gasteiger partial charge in [0.1, 0.15) is 23.1 Å². The van der Waals surface area contributed by atoms with Crippen LogP contribution in [0, 0.1) is 0 Å². The Kier molecular flexibility index (Phi) is 2.79. The van der Waals surface area contributed by atoms with Crippen molar-refractivity contribution < 1.29 is 9.84 Å². The number of benzene rings is 1. The van der Waals surface area contributed by atoms with E-state index in [4.69, 9.17) is 4.74 Å². The van der Waals surface area contributed by atoms with Crippen LogP contribution in [0.2, 0.25) is 0 Å². The van der Waals surface area contributed by atoms with Gasteiger partial charge in [-0.3, -0.25) is 0 Å². The number of aryl methyl sites for hydroxylation is 1. The highest BCUT2D eigenvalue weighted by Crippen LogP contribution is 2.37. The number of ether oxygens (including phenoxy) is 1. The SMILES string of the molecule is CCc1nnc(NC2COc3cc(O)ccc32)s1. The highest BCUT2D eigenvalue weighted by molar-refractivity contribution is 7.15. The molecule has 94 valence electrons. The van der Waals surface area contributed by atoms with Crippen LogP contribution in [0.3, 0.4) is 0 Å². The quantitative estimate of drug-likeness (QED) is 0.889. The molecule has 0 aliphatic carbocycles. The molecule has 1 aromatic heterocycles. The molecule has 1 aliphatic heterocycles. The van der Waals surface area contributed by atoms with E-state index >= 15 is 0 Å². The second-order valence-electron chi connectivity index (χ2n) is 4.08. The predicted octanol–water partition coefficient (Wildman–Crippen LogP) is 2.35. The normalized spacial score (nSPS) is 17.3. The van der Waals surface area contributed by atoms with Gasteiger partial charge in [-0.25, -0.2) is 0 Å². The minimum absolute atomic E-state index is 0.0678. The Balaban J connectivity index is 1.80. The smallest absolute Gasteiger partial charge is 0.206 e. The fraction of sp³-hybridized carbons (Fsp3) is 0.333. The Hall–Kier alpha value is -1.82. The third-order valence-corrected chi connectivity index (χ3v) is 3.84. The third kappa shape index (κ3) is 1.99. The molecule has 5 nitrogen and oxygen atoms in total. The first-order valence-electron chi connectivity index (χ1n) is 5.81. The summed E-state index contributed by atoms with van der Waals surface area (Å²) in [5.74, 6) is 0.950. The van der Waals surface area contributed by atoms with Crippen molar-refractivity contribution in [3.63, 3.8) is 0 Å². The van der Waals surface area contributed by atoms with Crippen LogP contribution >= 0.6 is 11.3 Å². The molecule has 0 amide bonds. The minimum Gasteiger partial charge on any atom is -0.508 e. The molecule has 0 saturated heterocycles. The van der Waals surface area contributed by atoms with Crippen LogP contribution in [0.1, 0.15) is 23.5 Å². The van der Waals surface area contributed by atoms with Crippen molar-refractivity contribution in [3.8, 4) is 11.5 Å². The molecule has 1 aromatic carbocycles. The average molecular weight is 263 g/mol. The number of anilines is 1. The van der Waals surface area contributed by atoms with E-state index in [1.165, 1.54) is 0 Å². The monoisotopic (exact) mass is 263 g/mol. The van der Waals surface area contributed by atoms with Gasteiger partial charge in [-0.2, -0.15) is 0 Å². The first-order valence-corrected chi connectivity index (χ1v) is 6.62. The summed E-state index contributed by atoms with van der Waals surface area (Å²) < 4.78 is 5.53. The number of aromatic nitrogens is 2. The zero-order valence-electron chi connectivity index (χ0n) is 9.88. The molecule has 0 fully saturated rings. The van der Waals surface area contributed by atoms with Crippen LogP contribution < -0.4 is 10.1 Å². The molecule has 0 spiro atoms. The van der Waals surface area contributed by atoms with Gasteiger partial charge in [-0.15, -0.1) is 10.2 Å². The van der Waals surface area contributed by atoms with E-state index in [9.17, 15) is 5.11 Å². The van der Waals surface area contributed by atoms with Gasteiger partial charge in [0.15, 0.2) is 0 Å². The fourth-order valence-corrected chi connectivity index (χ4v) is 2.65. The van der Waals surface area contributed by atoms with Crippen LogP contribution in [-0.2, 0) is 6.42 Å². The summed E-state index contributed by atoms with van der Waals surface area (Å²) in [4.78, 5) is 0. The van der Waals surface area contributed by atoms with Gasteiger partial charge in [-0.05, 0) is 18.6 Å². The van der Waals surface area contributed by atoms with Crippen molar-refractivity contribution in [2.75, 3.05) is 11.9 Å². The van der Waals surface area contributed by atoms with Crippen molar-refractivity contribution in [1.29, 1.82) is 0 Å². The number of fused-ring (bicyclic) bond motifs is 1. The Labute approximate surface area is 108 Å². The Morgan fingerprint density at radius 1 is 1.50 bits per heavy atom. The molecule has 0 radical (unpaired) electrons. The van der Waals surface area contributed by atoms with Crippen molar-refractivity contribution >= 4 is 16.5 Å². The molecular formula is C12H13N3O2S. The summed E-state index contributed by atoms with van der Waals surface area (Å²) in [7, 11) is 0. The zero-order chi connectivity index (χ0) is 12.5. The van der Waals surface area contributed by atoms with Gasteiger partial charge in [0.25, 0.3) is 0 Å². The molecule has 6 heteroatoms. The average Bonchev–Trinajstić information content (AvgIpc) is 2.97. The van der Waals surface area contributed by atoms with Crippen molar-refractivity contribution in [3.05, 3.63) is 28.8 Å². The summed E-state index contributed by atoms with van der Waals surface area (Å²) in [5.41, 5.74) is 1.04. The van der Waals surface area contributed by atoms with E-state index in [1.54, 1.807) is 23.5 Å². The van der Waals surface area contributed by atoms with E-state index in [0.29, 0.717) is 6.61 Å². The lowest BCUT2D eigenvalue weighted by Gasteiger charge is -2.09. The predicted molar refractivity (Wildman–Crippen MR) is 69.3 cm³/mol. The molecule has 1 aliphatic rings. The highest BCUT2D eigenvalue weighted by Gasteiger charge is 2.25. The third-order valence-electron chi connectivity index (χ3n) is 2.85. The van der Waals surface area contributed by atoms with E-state index in [-0.39, 0.29) is 11.8 Å². The lowest BCUT2D eigenvalue weighted by Crippen LogP contribution is -2.11. The van der Waals surface area contributed by atoms with E-state index < -0.39 is 0 Å². The number of rotatable bonds is 3. The molecular weight excluding hydrogens is 250 g/mol. The van der Waals surface area contributed by atoms with Gasteiger partial charge in [0.05, 0.1) is 6.04 Å². The van der Waals surface area contributed by atoms with Gasteiger partial charge in [-0.1, -0.05) is 18.3 Å².